The molecule has 6 atom stereocenters. The highest BCUT2D eigenvalue weighted by atomic mass is 31.2. The third-order valence-electron chi connectivity index (χ3n) is 5.28. The lowest BCUT2D eigenvalue weighted by molar-refractivity contribution is -0.144. The molecule has 2 heterocycles. The summed E-state index contributed by atoms with van der Waals surface area (Å²) in [6, 6.07) is 8.06. The summed E-state index contributed by atoms with van der Waals surface area (Å²) in [5.41, 5.74) is -1.74. The van der Waals surface area contributed by atoms with Crippen LogP contribution in [0.15, 0.2) is 47.4 Å². The minimum atomic E-state index is -4.29. The van der Waals surface area contributed by atoms with E-state index in [4.69, 9.17) is 23.7 Å². The molecule has 3 rings (SSSR count). The second-order valence-corrected chi connectivity index (χ2v) is 9.73. The molecular weight excluding hydrogens is 502 g/mol. The molecule has 1 aliphatic rings. The summed E-state index contributed by atoms with van der Waals surface area (Å²) in [5.74, 6) is -0.726. The fourth-order valence-electron chi connectivity index (χ4n) is 3.44. The van der Waals surface area contributed by atoms with Gasteiger partial charge in [0.25, 0.3) is 0 Å². The van der Waals surface area contributed by atoms with Gasteiger partial charge in [-0.2, -0.15) is 10.1 Å². The lowest BCUT2D eigenvalue weighted by Gasteiger charge is -2.25. The molecule has 1 aromatic carbocycles. The van der Waals surface area contributed by atoms with Crippen LogP contribution in [0, 0.1) is 0 Å². The molecule has 2 aromatic rings. The number of alkyl halides is 1. The van der Waals surface area contributed by atoms with Gasteiger partial charge in [0.1, 0.15) is 24.0 Å². The maximum Gasteiger partial charge on any atom is 0.459 e. The van der Waals surface area contributed by atoms with Crippen molar-refractivity contribution in [2.24, 2.45) is 0 Å². The van der Waals surface area contributed by atoms with Crippen LogP contribution < -0.4 is 20.8 Å². The second kappa shape index (κ2) is 11.5. The molecule has 2 unspecified atom stereocenters. The number of carbonyl (C=O) groups excluding carboxylic acids is 1. The lowest BCUT2D eigenvalue weighted by atomic mass is 9.98. The van der Waals surface area contributed by atoms with E-state index in [0.29, 0.717) is 0 Å². The van der Waals surface area contributed by atoms with Crippen LogP contribution in [0.1, 0.15) is 27.0 Å². The Kier molecular flexibility index (Phi) is 8.82. The van der Waals surface area contributed by atoms with Crippen molar-refractivity contribution in [2.75, 3.05) is 18.7 Å². The molecule has 4 N–H and O–H groups in total. The number of aliphatic hydroxyl groups is 1. The van der Waals surface area contributed by atoms with Gasteiger partial charge in [-0.05, 0) is 39.0 Å². The molecule has 198 valence electrons. The molecule has 0 radical (unpaired) electrons. The van der Waals surface area contributed by atoms with E-state index in [1.807, 2.05) is 0 Å². The minimum absolute atomic E-state index is 0.0949. The zero-order chi connectivity index (χ0) is 26.5. The first kappa shape index (κ1) is 27.7. The summed E-state index contributed by atoms with van der Waals surface area (Å²) in [4.78, 5) is 27.8. The Morgan fingerprint density at radius 2 is 2.06 bits per heavy atom. The lowest BCUT2D eigenvalue weighted by Crippen LogP contribution is -2.43. The molecule has 0 aliphatic carbocycles. The van der Waals surface area contributed by atoms with Crippen LogP contribution in [-0.2, 0) is 23.4 Å². The predicted octanol–water partition coefficient (Wildman–Crippen LogP) is 1.78. The molecule has 36 heavy (non-hydrogen) atoms. The Labute approximate surface area is 205 Å². The second-order valence-electron chi connectivity index (χ2n) is 8.04. The fourth-order valence-corrected chi connectivity index (χ4v) is 4.94. The van der Waals surface area contributed by atoms with Crippen molar-refractivity contribution < 1.29 is 42.6 Å². The first-order chi connectivity index (χ1) is 17.0. The van der Waals surface area contributed by atoms with Crippen LogP contribution in [0.25, 0.3) is 0 Å². The van der Waals surface area contributed by atoms with Crippen molar-refractivity contribution in [2.45, 2.75) is 50.9 Å². The van der Waals surface area contributed by atoms with E-state index in [9.17, 15) is 19.3 Å². The van der Waals surface area contributed by atoms with E-state index in [-0.39, 0.29) is 18.2 Å². The average molecular weight is 530 g/mol. The summed E-state index contributed by atoms with van der Waals surface area (Å²) in [6.45, 7) is 3.48. The number of carbonyl (C=O) groups is 1. The summed E-state index contributed by atoms with van der Waals surface area (Å²) < 4.78 is 51.2. The Balaban J connectivity index is 1.79. The van der Waals surface area contributed by atoms with Gasteiger partial charge in [0.05, 0.1) is 13.2 Å². The Hall–Kier alpha value is -2.87. The number of halogens is 1. The van der Waals surface area contributed by atoms with Gasteiger partial charge in [-0.25, -0.2) is 13.8 Å². The highest BCUT2D eigenvalue weighted by molar-refractivity contribution is 7.52. The smallest absolute Gasteiger partial charge is 0.459 e. The number of para-hydroxylation sites is 1. The number of aliphatic hydroxyl groups excluding tert-OH is 1. The van der Waals surface area contributed by atoms with E-state index < -0.39 is 56.2 Å². The molecule has 1 aromatic heterocycles. The van der Waals surface area contributed by atoms with Gasteiger partial charge in [0.15, 0.2) is 17.7 Å². The molecule has 0 amide bonds. The van der Waals surface area contributed by atoms with Crippen LogP contribution in [0.3, 0.4) is 0 Å². The molecule has 1 saturated heterocycles. The number of benzene rings is 1. The van der Waals surface area contributed by atoms with Gasteiger partial charge in [-0.1, -0.05) is 18.2 Å². The zero-order valence-corrected chi connectivity index (χ0v) is 20.6. The number of hydrogen-bond donors (Lipinski definition) is 4. The highest BCUT2D eigenvalue weighted by Gasteiger charge is 2.56. The summed E-state index contributed by atoms with van der Waals surface area (Å²) in [5, 5.41) is 21.9. The van der Waals surface area contributed by atoms with Crippen molar-refractivity contribution in [3.05, 3.63) is 53.1 Å². The molecule has 13 nitrogen and oxygen atoms in total. The van der Waals surface area contributed by atoms with Crippen molar-refractivity contribution in [3.63, 3.8) is 0 Å². The van der Waals surface area contributed by atoms with Crippen LogP contribution in [0.4, 0.5) is 10.2 Å². The number of ether oxygens (including phenoxy) is 2. The maximum atomic E-state index is 15.5. The van der Waals surface area contributed by atoms with E-state index in [2.05, 4.69) is 10.1 Å². The number of anilines is 1. The van der Waals surface area contributed by atoms with Crippen molar-refractivity contribution >= 4 is 19.5 Å². The van der Waals surface area contributed by atoms with Gasteiger partial charge < -0.3 is 19.1 Å². The normalized spacial score (nSPS) is 26.1. The Morgan fingerprint density at radius 1 is 1.36 bits per heavy atom. The third-order valence-corrected chi connectivity index (χ3v) is 6.93. The average Bonchev–Trinajstić information content (AvgIpc) is 3.06. The SMILES string of the molecule is CCOC(=O)[C@H](C)NP(=O)(OC[C@H]1O[C@@H](n2ccc(NO)nc2=O)[C@](C)(F)C1O)Oc1ccccc1. The topological polar surface area (TPSA) is 170 Å². The van der Waals surface area contributed by atoms with E-state index >= 15 is 4.39 Å². The fraction of sp³-hybridized carbons (Fsp3) is 0.476. The predicted molar refractivity (Wildman–Crippen MR) is 123 cm³/mol. The first-order valence-corrected chi connectivity index (χ1v) is 12.5. The number of hydrogen-bond acceptors (Lipinski definition) is 11. The van der Waals surface area contributed by atoms with Gasteiger partial charge in [-0.15, -0.1) is 0 Å². The quantitative estimate of drug-likeness (QED) is 0.189. The Bertz CT molecular complexity index is 1150. The monoisotopic (exact) mass is 530 g/mol. The molecular formula is C21H28FN4O9P. The molecule has 1 fully saturated rings. The zero-order valence-electron chi connectivity index (χ0n) is 19.7. The molecule has 1 aliphatic heterocycles. The molecule has 15 heteroatoms. The summed E-state index contributed by atoms with van der Waals surface area (Å²) >= 11 is 0. The van der Waals surface area contributed by atoms with E-state index in [1.54, 1.807) is 30.6 Å². The van der Waals surface area contributed by atoms with Gasteiger partial charge in [-0.3, -0.25) is 24.6 Å². The standard InChI is InChI=1S/C21H28FN4O9P/c1-4-32-18(28)13(2)25-36(31,35-14-8-6-5-7-9-14)33-12-15-17(27)21(3,22)19(34-15)26-11-10-16(24-30)23-20(26)29/h5-11,13,15,17,19,27,30H,4,12H2,1-3H3,(H,25,31)(H,23,24,29)/t13-,15+,17?,19+,21+,36?/m0/s1. The number of rotatable bonds is 11. The van der Waals surface area contributed by atoms with Crippen LogP contribution >= 0.6 is 7.75 Å². The van der Waals surface area contributed by atoms with Crippen molar-refractivity contribution in [3.8, 4) is 5.75 Å². The number of esters is 1. The van der Waals surface area contributed by atoms with Crippen molar-refractivity contribution in [1.29, 1.82) is 0 Å². The first-order valence-electron chi connectivity index (χ1n) is 11.0. The minimum Gasteiger partial charge on any atom is -0.465 e. The summed E-state index contributed by atoms with van der Waals surface area (Å²) in [7, 11) is -4.29. The van der Waals surface area contributed by atoms with Crippen molar-refractivity contribution in [1.82, 2.24) is 14.6 Å². The maximum absolute atomic E-state index is 15.5. The highest BCUT2D eigenvalue weighted by Crippen LogP contribution is 2.47. The van der Waals surface area contributed by atoms with Crippen LogP contribution in [0.5, 0.6) is 5.75 Å². The largest absolute Gasteiger partial charge is 0.465 e. The van der Waals surface area contributed by atoms with Gasteiger partial charge >= 0.3 is 19.4 Å². The number of aromatic nitrogens is 2. The molecule has 0 saturated carbocycles. The van der Waals surface area contributed by atoms with Gasteiger partial charge in [0, 0.05) is 6.20 Å². The van der Waals surface area contributed by atoms with Crippen LogP contribution in [0.2, 0.25) is 0 Å². The molecule has 0 bridgehead atoms. The number of nitrogens with zero attached hydrogens (tertiary/aromatic N) is 2. The van der Waals surface area contributed by atoms with E-state index in [1.165, 1.54) is 25.1 Å². The summed E-state index contributed by atoms with van der Waals surface area (Å²) in [6.07, 6.45) is -3.69. The Morgan fingerprint density at radius 3 is 2.67 bits per heavy atom. The van der Waals surface area contributed by atoms with Crippen LogP contribution in [-0.4, -0.2) is 63.0 Å². The van der Waals surface area contributed by atoms with Gasteiger partial charge in [0.2, 0.25) is 0 Å². The van der Waals surface area contributed by atoms with E-state index in [0.717, 1.165) is 17.7 Å². The number of nitrogens with one attached hydrogen (secondary N) is 2. The third kappa shape index (κ3) is 6.27. The molecule has 0 spiro atoms.